The standard InChI is InChI=1S/C9H8INS/c1-5-4-12-7-3-2-6(10)9(11)8(5)7/h2-4H,11H2,1H3. The van der Waals surface area contributed by atoms with E-state index in [0.29, 0.717) is 0 Å². The zero-order valence-electron chi connectivity index (χ0n) is 6.60. The molecule has 1 aromatic carbocycles. The third-order valence-electron chi connectivity index (χ3n) is 1.91. The van der Waals surface area contributed by atoms with Gasteiger partial charge in [-0.1, -0.05) is 0 Å². The summed E-state index contributed by atoms with van der Waals surface area (Å²) in [7, 11) is 0. The summed E-state index contributed by atoms with van der Waals surface area (Å²) in [6.45, 7) is 2.10. The van der Waals surface area contributed by atoms with E-state index in [1.54, 1.807) is 11.3 Å². The first-order valence-corrected chi connectivity index (χ1v) is 5.58. The molecule has 0 saturated carbocycles. The molecule has 0 radical (unpaired) electrons. The second-order valence-electron chi connectivity index (χ2n) is 2.75. The van der Waals surface area contributed by atoms with Crippen molar-refractivity contribution < 1.29 is 0 Å². The number of nitrogens with two attached hydrogens (primary N) is 1. The SMILES string of the molecule is Cc1csc2ccc(I)c(N)c12. The maximum atomic E-state index is 5.96. The molecule has 0 aliphatic rings. The van der Waals surface area contributed by atoms with Gasteiger partial charge in [0.2, 0.25) is 0 Å². The number of hydrogen-bond acceptors (Lipinski definition) is 2. The Balaban J connectivity index is 2.96. The third-order valence-corrected chi connectivity index (χ3v) is 3.92. The Labute approximate surface area is 88.7 Å². The molecule has 2 N–H and O–H groups in total. The number of nitrogen functional groups attached to an aromatic ring is 1. The fourth-order valence-electron chi connectivity index (χ4n) is 1.29. The first-order chi connectivity index (χ1) is 5.70. The second kappa shape index (κ2) is 2.88. The first-order valence-electron chi connectivity index (χ1n) is 3.62. The van der Waals surface area contributed by atoms with E-state index in [4.69, 9.17) is 5.73 Å². The number of fused-ring (bicyclic) bond motifs is 1. The molecule has 12 heavy (non-hydrogen) atoms. The Morgan fingerprint density at radius 2 is 2.17 bits per heavy atom. The van der Waals surface area contributed by atoms with Crippen molar-refractivity contribution in [2.24, 2.45) is 0 Å². The summed E-state index contributed by atoms with van der Waals surface area (Å²) < 4.78 is 2.42. The largest absolute Gasteiger partial charge is 0.397 e. The van der Waals surface area contributed by atoms with Crippen molar-refractivity contribution in [3.05, 3.63) is 26.6 Å². The van der Waals surface area contributed by atoms with Gasteiger partial charge in [0.1, 0.15) is 0 Å². The predicted molar refractivity (Wildman–Crippen MR) is 63.7 cm³/mol. The molecule has 1 nitrogen and oxygen atoms in total. The monoisotopic (exact) mass is 289 g/mol. The van der Waals surface area contributed by atoms with Crippen LogP contribution in [0, 0.1) is 10.5 Å². The number of halogens is 1. The topological polar surface area (TPSA) is 26.0 Å². The van der Waals surface area contributed by atoms with Gasteiger partial charge in [0.25, 0.3) is 0 Å². The molecular weight excluding hydrogens is 281 g/mol. The van der Waals surface area contributed by atoms with Crippen LogP contribution in [0.3, 0.4) is 0 Å². The third kappa shape index (κ3) is 1.11. The van der Waals surface area contributed by atoms with E-state index in [1.165, 1.54) is 15.6 Å². The Morgan fingerprint density at radius 1 is 1.42 bits per heavy atom. The van der Waals surface area contributed by atoms with Crippen molar-refractivity contribution in [1.82, 2.24) is 0 Å². The van der Waals surface area contributed by atoms with Crippen molar-refractivity contribution in [3.8, 4) is 0 Å². The van der Waals surface area contributed by atoms with Gasteiger partial charge < -0.3 is 5.73 Å². The quantitative estimate of drug-likeness (QED) is 0.584. The number of hydrogen-bond donors (Lipinski definition) is 1. The van der Waals surface area contributed by atoms with Crippen molar-refractivity contribution in [2.75, 3.05) is 5.73 Å². The highest BCUT2D eigenvalue weighted by Crippen LogP contribution is 2.32. The van der Waals surface area contributed by atoms with Crippen LogP contribution in [0.15, 0.2) is 17.5 Å². The molecule has 0 unspecified atom stereocenters. The van der Waals surface area contributed by atoms with Crippen LogP contribution in [0.5, 0.6) is 0 Å². The molecule has 0 fully saturated rings. The molecule has 1 aromatic heterocycles. The summed E-state index contributed by atoms with van der Waals surface area (Å²) in [5.41, 5.74) is 8.17. The van der Waals surface area contributed by atoms with E-state index < -0.39 is 0 Å². The average molecular weight is 289 g/mol. The molecule has 0 aliphatic carbocycles. The molecule has 0 spiro atoms. The molecule has 1 heterocycles. The number of benzene rings is 1. The van der Waals surface area contributed by atoms with Gasteiger partial charge >= 0.3 is 0 Å². The van der Waals surface area contributed by atoms with E-state index in [-0.39, 0.29) is 0 Å². The minimum absolute atomic E-state index is 0.923. The van der Waals surface area contributed by atoms with Crippen LogP contribution in [-0.4, -0.2) is 0 Å². The van der Waals surface area contributed by atoms with Gasteiger partial charge in [-0.05, 0) is 52.6 Å². The number of aryl methyl sites for hydroxylation is 1. The van der Waals surface area contributed by atoms with Crippen molar-refractivity contribution in [3.63, 3.8) is 0 Å². The smallest absolute Gasteiger partial charge is 0.0540 e. The normalized spacial score (nSPS) is 10.8. The van der Waals surface area contributed by atoms with Crippen LogP contribution >= 0.6 is 33.9 Å². The predicted octanol–water partition coefficient (Wildman–Crippen LogP) is 3.40. The summed E-state index contributed by atoms with van der Waals surface area (Å²) in [5, 5.41) is 3.38. The van der Waals surface area contributed by atoms with Gasteiger partial charge in [0.05, 0.1) is 5.69 Å². The molecule has 2 aromatic rings. The highest BCUT2D eigenvalue weighted by atomic mass is 127. The molecule has 0 atom stereocenters. The highest BCUT2D eigenvalue weighted by Gasteiger charge is 2.05. The first kappa shape index (κ1) is 8.31. The van der Waals surface area contributed by atoms with E-state index >= 15 is 0 Å². The van der Waals surface area contributed by atoms with E-state index in [2.05, 4.69) is 47.0 Å². The highest BCUT2D eigenvalue weighted by molar-refractivity contribution is 14.1. The van der Waals surface area contributed by atoms with Crippen molar-refractivity contribution >= 4 is 49.7 Å². The minimum atomic E-state index is 0.923. The Bertz CT molecular complexity index is 433. The molecule has 0 amide bonds. The van der Waals surface area contributed by atoms with Crippen LogP contribution in [0.4, 0.5) is 5.69 Å². The van der Waals surface area contributed by atoms with E-state index in [9.17, 15) is 0 Å². The van der Waals surface area contributed by atoms with Crippen LogP contribution < -0.4 is 5.73 Å². The van der Waals surface area contributed by atoms with Gasteiger partial charge in [-0.15, -0.1) is 11.3 Å². The molecule has 0 saturated heterocycles. The van der Waals surface area contributed by atoms with Crippen LogP contribution in [0.25, 0.3) is 10.1 Å². The lowest BCUT2D eigenvalue weighted by atomic mass is 10.1. The molecular formula is C9H8INS. The van der Waals surface area contributed by atoms with E-state index in [0.717, 1.165) is 9.26 Å². The zero-order valence-corrected chi connectivity index (χ0v) is 9.57. The van der Waals surface area contributed by atoms with Gasteiger partial charge in [-0.25, -0.2) is 0 Å². The second-order valence-corrected chi connectivity index (χ2v) is 4.83. The zero-order chi connectivity index (χ0) is 8.72. The molecule has 0 aliphatic heterocycles. The summed E-state index contributed by atoms with van der Waals surface area (Å²) >= 11 is 4.02. The molecule has 62 valence electrons. The summed E-state index contributed by atoms with van der Waals surface area (Å²) in [6, 6.07) is 4.19. The Hall–Kier alpha value is -0.290. The van der Waals surface area contributed by atoms with Gasteiger partial charge in [-0.3, -0.25) is 0 Å². The molecule has 0 bridgehead atoms. The molecule has 2 rings (SSSR count). The van der Waals surface area contributed by atoms with Gasteiger partial charge in [0.15, 0.2) is 0 Å². The van der Waals surface area contributed by atoms with Gasteiger partial charge in [0, 0.05) is 13.7 Å². The fourth-order valence-corrected chi connectivity index (χ4v) is 2.70. The van der Waals surface area contributed by atoms with Crippen LogP contribution in [0.1, 0.15) is 5.56 Å². The van der Waals surface area contributed by atoms with Crippen molar-refractivity contribution in [1.29, 1.82) is 0 Å². The van der Waals surface area contributed by atoms with Gasteiger partial charge in [-0.2, -0.15) is 0 Å². The summed E-state index contributed by atoms with van der Waals surface area (Å²) in [5.74, 6) is 0. The van der Waals surface area contributed by atoms with Crippen LogP contribution in [-0.2, 0) is 0 Å². The average Bonchev–Trinajstić information content (AvgIpc) is 2.41. The Morgan fingerprint density at radius 3 is 2.92 bits per heavy atom. The number of rotatable bonds is 0. The molecule has 3 heteroatoms. The Kier molecular flexibility index (Phi) is 2.00. The lowest BCUT2D eigenvalue weighted by Gasteiger charge is -2.00. The number of anilines is 1. The summed E-state index contributed by atoms with van der Waals surface area (Å²) in [4.78, 5) is 0. The van der Waals surface area contributed by atoms with Crippen molar-refractivity contribution in [2.45, 2.75) is 6.92 Å². The van der Waals surface area contributed by atoms with Crippen LogP contribution in [0.2, 0.25) is 0 Å². The lowest BCUT2D eigenvalue weighted by molar-refractivity contribution is 1.58. The fraction of sp³-hybridized carbons (Fsp3) is 0.111. The summed E-state index contributed by atoms with van der Waals surface area (Å²) in [6.07, 6.45) is 0. The maximum Gasteiger partial charge on any atom is 0.0540 e. The number of thiophene rings is 1. The lowest BCUT2D eigenvalue weighted by Crippen LogP contribution is -1.89. The minimum Gasteiger partial charge on any atom is -0.397 e. The van der Waals surface area contributed by atoms with E-state index in [1.807, 2.05) is 0 Å². The maximum absolute atomic E-state index is 5.96.